The molecule has 0 spiro atoms. The Balaban J connectivity index is 1.38. The number of aromatic nitrogens is 3. The number of carbonyl (C=O) groups is 1. The van der Waals surface area contributed by atoms with Crippen LogP contribution in [0.15, 0.2) is 47.6 Å². The topological polar surface area (TPSA) is 97.4 Å². The second-order valence-corrected chi connectivity index (χ2v) is 9.13. The molecule has 2 aromatic carbocycles. The lowest BCUT2D eigenvalue weighted by molar-refractivity contribution is -0.384. The van der Waals surface area contributed by atoms with Crippen LogP contribution in [0.25, 0.3) is 5.69 Å². The van der Waals surface area contributed by atoms with Crippen LogP contribution in [0.1, 0.15) is 11.4 Å². The number of rotatable bonds is 6. The van der Waals surface area contributed by atoms with Crippen molar-refractivity contribution in [3.8, 4) is 5.69 Å². The molecule has 33 heavy (non-hydrogen) atoms. The maximum absolute atomic E-state index is 12.8. The Morgan fingerprint density at radius 1 is 1.09 bits per heavy atom. The number of aryl methyl sites for hydroxylation is 2. The Bertz CT molecular complexity index is 1180. The standard InChI is InChI=1S/C22H23ClN6O3S/c1-15-3-6-18(7-4-15)28-16(2)24-25-22(28)33-14-21(30)27-11-9-26(10-12-27)19-8-5-17(23)13-20(19)29(31)32/h3-8,13H,9-12,14H2,1-2H3. The molecule has 11 heteroatoms. The van der Waals surface area contributed by atoms with E-state index in [0.29, 0.717) is 42.0 Å². The summed E-state index contributed by atoms with van der Waals surface area (Å²) in [5.41, 5.74) is 2.62. The Morgan fingerprint density at radius 2 is 1.79 bits per heavy atom. The van der Waals surface area contributed by atoms with Gasteiger partial charge in [0.2, 0.25) is 5.91 Å². The molecule has 0 atom stereocenters. The summed E-state index contributed by atoms with van der Waals surface area (Å²) in [6.45, 7) is 5.91. The molecule has 4 rings (SSSR count). The number of nitrogens with zero attached hydrogens (tertiary/aromatic N) is 6. The van der Waals surface area contributed by atoms with Gasteiger partial charge in [0, 0.05) is 43.0 Å². The lowest BCUT2D eigenvalue weighted by atomic mass is 10.2. The second-order valence-electron chi connectivity index (χ2n) is 7.75. The summed E-state index contributed by atoms with van der Waals surface area (Å²) in [5, 5.41) is 20.8. The lowest BCUT2D eigenvalue weighted by Gasteiger charge is -2.35. The van der Waals surface area contributed by atoms with Gasteiger partial charge in [-0.1, -0.05) is 41.1 Å². The van der Waals surface area contributed by atoms with Crippen molar-refractivity contribution < 1.29 is 9.72 Å². The van der Waals surface area contributed by atoms with E-state index in [1.165, 1.54) is 17.8 Å². The SMILES string of the molecule is Cc1ccc(-n2c(C)nnc2SCC(=O)N2CCN(c3ccc(Cl)cc3[N+](=O)[O-])CC2)cc1. The number of anilines is 1. The van der Waals surface area contributed by atoms with Gasteiger partial charge in [0.1, 0.15) is 11.5 Å². The zero-order valence-electron chi connectivity index (χ0n) is 18.3. The van der Waals surface area contributed by atoms with Crippen LogP contribution in [0.4, 0.5) is 11.4 Å². The van der Waals surface area contributed by atoms with Gasteiger partial charge in [-0.25, -0.2) is 0 Å². The molecule has 3 aromatic rings. The highest BCUT2D eigenvalue weighted by molar-refractivity contribution is 7.99. The van der Waals surface area contributed by atoms with Gasteiger partial charge in [-0.05, 0) is 38.1 Å². The fraction of sp³-hybridized carbons (Fsp3) is 0.318. The summed E-state index contributed by atoms with van der Waals surface area (Å²) < 4.78 is 1.94. The summed E-state index contributed by atoms with van der Waals surface area (Å²) in [5.74, 6) is 0.999. The molecule has 1 fully saturated rings. The van der Waals surface area contributed by atoms with Crippen LogP contribution in [-0.2, 0) is 4.79 Å². The molecule has 0 saturated carbocycles. The second kappa shape index (κ2) is 9.80. The Morgan fingerprint density at radius 3 is 2.45 bits per heavy atom. The van der Waals surface area contributed by atoms with E-state index in [-0.39, 0.29) is 17.3 Å². The molecule has 1 aromatic heterocycles. The molecule has 1 amide bonds. The minimum Gasteiger partial charge on any atom is -0.362 e. The molecule has 1 aliphatic rings. The third kappa shape index (κ3) is 5.12. The van der Waals surface area contributed by atoms with Crippen LogP contribution >= 0.6 is 23.4 Å². The zero-order valence-corrected chi connectivity index (χ0v) is 19.8. The highest BCUT2D eigenvalue weighted by Gasteiger charge is 2.26. The van der Waals surface area contributed by atoms with Crippen molar-refractivity contribution in [1.29, 1.82) is 0 Å². The Hall–Kier alpha value is -3.11. The quantitative estimate of drug-likeness (QED) is 0.296. The first-order chi connectivity index (χ1) is 15.8. The number of benzene rings is 2. The number of nitro benzene ring substituents is 1. The van der Waals surface area contributed by atoms with Crippen molar-refractivity contribution in [2.24, 2.45) is 0 Å². The van der Waals surface area contributed by atoms with Crippen LogP contribution in [0.3, 0.4) is 0 Å². The van der Waals surface area contributed by atoms with E-state index in [1.807, 2.05) is 47.6 Å². The average Bonchev–Trinajstić information content (AvgIpc) is 3.18. The highest BCUT2D eigenvalue weighted by Crippen LogP contribution is 2.32. The summed E-state index contributed by atoms with van der Waals surface area (Å²) >= 11 is 7.27. The normalized spacial score (nSPS) is 13.9. The van der Waals surface area contributed by atoms with Crippen molar-refractivity contribution in [3.05, 3.63) is 69.0 Å². The molecule has 9 nitrogen and oxygen atoms in total. The molecule has 172 valence electrons. The molecule has 1 saturated heterocycles. The number of hydrogen-bond acceptors (Lipinski definition) is 7. The third-order valence-corrected chi connectivity index (χ3v) is 6.67. The lowest BCUT2D eigenvalue weighted by Crippen LogP contribution is -2.49. The van der Waals surface area contributed by atoms with Crippen molar-refractivity contribution in [3.63, 3.8) is 0 Å². The van der Waals surface area contributed by atoms with Crippen LogP contribution in [0, 0.1) is 24.0 Å². The molecule has 0 bridgehead atoms. The van der Waals surface area contributed by atoms with Gasteiger partial charge < -0.3 is 9.80 Å². The minimum atomic E-state index is -0.429. The van der Waals surface area contributed by atoms with Crippen molar-refractivity contribution in [1.82, 2.24) is 19.7 Å². The van der Waals surface area contributed by atoms with E-state index in [0.717, 1.165) is 17.1 Å². The first kappa shape index (κ1) is 23.1. The number of halogens is 1. The highest BCUT2D eigenvalue weighted by atomic mass is 35.5. The molecule has 2 heterocycles. The number of nitro groups is 1. The van der Waals surface area contributed by atoms with Crippen molar-refractivity contribution in [2.75, 3.05) is 36.8 Å². The van der Waals surface area contributed by atoms with E-state index < -0.39 is 4.92 Å². The smallest absolute Gasteiger partial charge is 0.294 e. The predicted molar refractivity (Wildman–Crippen MR) is 128 cm³/mol. The van der Waals surface area contributed by atoms with E-state index in [4.69, 9.17) is 11.6 Å². The minimum absolute atomic E-state index is 0.00126. The van der Waals surface area contributed by atoms with Crippen molar-refractivity contribution in [2.45, 2.75) is 19.0 Å². The van der Waals surface area contributed by atoms with Crippen LogP contribution in [-0.4, -0.2) is 62.4 Å². The molecule has 1 aliphatic heterocycles. The molecular weight excluding hydrogens is 464 g/mol. The van der Waals surface area contributed by atoms with E-state index in [2.05, 4.69) is 10.2 Å². The molecular formula is C22H23ClN6O3S. The first-order valence-corrected chi connectivity index (χ1v) is 11.8. The fourth-order valence-corrected chi connectivity index (χ4v) is 4.82. The van der Waals surface area contributed by atoms with Gasteiger partial charge in [0.25, 0.3) is 5.69 Å². The largest absolute Gasteiger partial charge is 0.362 e. The van der Waals surface area contributed by atoms with Gasteiger partial charge in [-0.3, -0.25) is 19.5 Å². The van der Waals surface area contributed by atoms with Crippen LogP contribution in [0.5, 0.6) is 0 Å². The summed E-state index contributed by atoms with van der Waals surface area (Å²) in [6, 6.07) is 12.7. The van der Waals surface area contributed by atoms with E-state index in [1.54, 1.807) is 17.0 Å². The Labute approximate surface area is 200 Å². The summed E-state index contributed by atoms with van der Waals surface area (Å²) in [6.07, 6.45) is 0. The number of hydrogen-bond donors (Lipinski definition) is 0. The number of amides is 1. The molecule has 0 unspecified atom stereocenters. The first-order valence-electron chi connectivity index (χ1n) is 10.4. The fourth-order valence-electron chi connectivity index (χ4n) is 3.75. The number of thioether (sulfide) groups is 1. The summed E-state index contributed by atoms with van der Waals surface area (Å²) in [7, 11) is 0. The number of carbonyl (C=O) groups excluding carboxylic acids is 1. The maximum Gasteiger partial charge on any atom is 0.294 e. The van der Waals surface area contributed by atoms with Gasteiger partial charge in [-0.15, -0.1) is 10.2 Å². The predicted octanol–water partition coefficient (Wildman–Crippen LogP) is 3.89. The summed E-state index contributed by atoms with van der Waals surface area (Å²) in [4.78, 5) is 27.5. The third-order valence-electron chi connectivity index (χ3n) is 5.52. The van der Waals surface area contributed by atoms with E-state index in [9.17, 15) is 14.9 Å². The maximum atomic E-state index is 12.8. The van der Waals surface area contributed by atoms with Gasteiger partial charge in [0.05, 0.1) is 10.7 Å². The Kier molecular flexibility index (Phi) is 6.85. The molecule has 0 radical (unpaired) electrons. The van der Waals surface area contributed by atoms with Crippen molar-refractivity contribution >= 4 is 40.6 Å². The monoisotopic (exact) mass is 486 g/mol. The van der Waals surface area contributed by atoms with Crippen LogP contribution < -0.4 is 4.90 Å². The van der Waals surface area contributed by atoms with Gasteiger partial charge in [0.15, 0.2) is 5.16 Å². The van der Waals surface area contributed by atoms with E-state index >= 15 is 0 Å². The van der Waals surface area contributed by atoms with Crippen LogP contribution in [0.2, 0.25) is 5.02 Å². The number of piperazine rings is 1. The van der Waals surface area contributed by atoms with Gasteiger partial charge >= 0.3 is 0 Å². The molecule has 0 N–H and O–H groups in total. The average molecular weight is 487 g/mol. The molecule has 0 aliphatic carbocycles. The zero-order chi connectivity index (χ0) is 23.5. The van der Waals surface area contributed by atoms with Gasteiger partial charge in [-0.2, -0.15) is 0 Å².